The fourth-order valence-corrected chi connectivity index (χ4v) is 6.64. The van der Waals surface area contributed by atoms with Crippen molar-refractivity contribution in [2.45, 2.75) is 82.8 Å². The van der Waals surface area contributed by atoms with Crippen molar-refractivity contribution in [2.75, 3.05) is 0 Å². The van der Waals surface area contributed by atoms with Gasteiger partial charge in [-0.3, -0.25) is 4.98 Å². The summed E-state index contributed by atoms with van der Waals surface area (Å²) in [5, 5.41) is 11.4. The van der Waals surface area contributed by atoms with Crippen LogP contribution in [0.15, 0.2) is 66.9 Å². The zero-order valence-corrected chi connectivity index (χ0v) is 20.6. The van der Waals surface area contributed by atoms with Crippen LogP contribution in [-0.2, 0) is 24.9 Å². The Bertz CT molecular complexity index is 1130. The highest BCUT2D eigenvalue weighted by atomic mass is 16.5. The van der Waals surface area contributed by atoms with Crippen molar-refractivity contribution in [3.05, 3.63) is 94.8 Å². The van der Waals surface area contributed by atoms with E-state index in [4.69, 9.17) is 4.74 Å². The first-order chi connectivity index (χ1) is 16.5. The number of benzene rings is 2. The van der Waals surface area contributed by atoms with E-state index >= 15 is 0 Å². The lowest BCUT2D eigenvalue weighted by molar-refractivity contribution is -0.0565. The van der Waals surface area contributed by atoms with Crippen molar-refractivity contribution in [3.63, 3.8) is 0 Å². The Morgan fingerprint density at radius 2 is 1.91 bits per heavy atom. The SMILES string of the molecule is CCCC1(O)CCC2(Cc3ccccc3)c3ccc(OCc4cccnc4C)cc3CCC2C1. The molecule has 2 aliphatic rings. The highest BCUT2D eigenvalue weighted by Crippen LogP contribution is 2.55. The number of hydrogen-bond donors (Lipinski definition) is 1. The van der Waals surface area contributed by atoms with Gasteiger partial charge in [0.25, 0.3) is 0 Å². The van der Waals surface area contributed by atoms with Gasteiger partial charge in [0.15, 0.2) is 0 Å². The summed E-state index contributed by atoms with van der Waals surface area (Å²) in [4.78, 5) is 4.38. The van der Waals surface area contributed by atoms with Gasteiger partial charge in [-0.25, -0.2) is 0 Å². The molecule has 0 amide bonds. The molecule has 34 heavy (non-hydrogen) atoms. The molecule has 2 aromatic carbocycles. The number of fused-ring (bicyclic) bond motifs is 3. The summed E-state index contributed by atoms with van der Waals surface area (Å²) in [6.45, 7) is 4.76. The standard InChI is InChI=1S/C31H37NO2/c1-3-15-30(33)16-17-31(20-24-8-5-4-6-9-24)27(21-30)12-11-25-19-28(13-14-29(25)31)34-22-26-10-7-18-32-23(26)2/h4-10,13-14,18-19,27,33H,3,11-12,15-17,20-22H2,1-2H3. The number of nitrogens with zero attached hydrogens (tertiary/aromatic N) is 1. The van der Waals surface area contributed by atoms with Crippen molar-refractivity contribution in [1.82, 2.24) is 4.98 Å². The number of pyridine rings is 1. The minimum Gasteiger partial charge on any atom is -0.489 e. The Morgan fingerprint density at radius 1 is 1.06 bits per heavy atom. The van der Waals surface area contributed by atoms with E-state index in [1.165, 1.54) is 16.7 Å². The Labute approximate surface area is 204 Å². The molecule has 0 aliphatic heterocycles. The van der Waals surface area contributed by atoms with E-state index < -0.39 is 5.60 Å². The van der Waals surface area contributed by atoms with Gasteiger partial charge in [0.1, 0.15) is 12.4 Å². The number of ether oxygens (including phenoxy) is 1. The predicted octanol–water partition coefficient (Wildman–Crippen LogP) is 6.73. The summed E-state index contributed by atoms with van der Waals surface area (Å²) < 4.78 is 6.21. The molecule has 3 nitrogen and oxygen atoms in total. The quantitative estimate of drug-likeness (QED) is 0.430. The monoisotopic (exact) mass is 455 g/mol. The topological polar surface area (TPSA) is 42.4 Å². The Balaban J connectivity index is 1.45. The van der Waals surface area contributed by atoms with Crippen LogP contribution < -0.4 is 4.74 Å². The van der Waals surface area contributed by atoms with Gasteiger partial charge < -0.3 is 9.84 Å². The molecule has 1 saturated carbocycles. The molecule has 0 saturated heterocycles. The largest absolute Gasteiger partial charge is 0.489 e. The van der Waals surface area contributed by atoms with Gasteiger partial charge in [0.2, 0.25) is 0 Å². The van der Waals surface area contributed by atoms with Gasteiger partial charge in [-0.2, -0.15) is 0 Å². The molecule has 5 rings (SSSR count). The molecule has 1 aromatic heterocycles. The van der Waals surface area contributed by atoms with Gasteiger partial charge in [-0.1, -0.05) is 55.8 Å². The predicted molar refractivity (Wildman–Crippen MR) is 137 cm³/mol. The molecule has 0 spiro atoms. The molecule has 3 heteroatoms. The lowest BCUT2D eigenvalue weighted by Gasteiger charge is -2.53. The minimum atomic E-state index is -0.498. The average Bonchev–Trinajstić information content (AvgIpc) is 2.84. The van der Waals surface area contributed by atoms with E-state index in [1.54, 1.807) is 0 Å². The fourth-order valence-electron chi connectivity index (χ4n) is 6.64. The van der Waals surface area contributed by atoms with Gasteiger partial charge in [0.05, 0.1) is 5.60 Å². The van der Waals surface area contributed by atoms with Crippen LogP contribution in [0.1, 0.15) is 73.4 Å². The van der Waals surface area contributed by atoms with Crippen molar-refractivity contribution < 1.29 is 9.84 Å². The van der Waals surface area contributed by atoms with E-state index in [0.717, 1.165) is 68.4 Å². The van der Waals surface area contributed by atoms with Gasteiger partial charge in [-0.05, 0) is 92.7 Å². The molecule has 1 heterocycles. The van der Waals surface area contributed by atoms with Crippen molar-refractivity contribution in [2.24, 2.45) is 5.92 Å². The smallest absolute Gasteiger partial charge is 0.120 e. The summed E-state index contributed by atoms with van der Waals surface area (Å²) in [5.74, 6) is 1.45. The van der Waals surface area contributed by atoms with E-state index in [9.17, 15) is 5.11 Å². The van der Waals surface area contributed by atoms with Crippen molar-refractivity contribution in [1.29, 1.82) is 0 Å². The fraction of sp³-hybridized carbons (Fsp3) is 0.452. The van der Waals surface area contributed by atoms with E-state index in [2.05, 4.69) is 66.5 Å². The third-order valence-electron chi connectivity index (χ3n) is 8.41. The number of aliphatic hydroxyl groups is 1. The van der Waals surface area contributed by atoms with Crippen LogP contribution >= 0.6 is 0 Å². The summed E-state index contributed by atoms with van der Waals surface area (Å²) in [6.07, 6.45) is 9.88. The summed E-state index contributed by atoms with van der Waals surface area (Å²) >= 11 is 0. The summed E-state index contributed by atoms with van der Waals surface area (Å²) in [7, 11) is 0. The van der Waals surface area contributed by atoms with Crippen LogP contribution in [0.2, 0.25) is 0 Å². The zero-order chi connectivity index (χ0) is 23.6. The van der Waals surface area contributed by atoms with Crippen molar-refractivity contribution in [3.8, 4) is 5.75 Å². The molecular weight excluding hydrogens is 418 g/mol. The van der Waals surface area contributed by atoms with Gasteiger partial charge in [0, 0.05) is 22.9 Å². The second kappa shape index (κ2) is 9.54. The maximum atomic E-state index is 11.4. The summed E-state index contributed by atoms with van der Waals surface area (Å²) in [5.41, 5.74) is 6.04. The van der Waals surface area contributed by atoms with Crippen LogP contribution in [0.5, 0.6) is 5.75 Å². The van der Waals surface area contributed by atoms with Crippen LogP contribution in [-0.4, -0.2) is 15.7 Å². The highest BCUT2D eigenvalue weighted by molar-refractivity contribution is 5.45. The van der Waals surface area contributed by atoms with Crippen LogP contribution in [0, 0.1) is 12.8 Å². The minimum absolute atomic E-state index is 0.0907. The molecule has 0 bridgehead atoms. The number of aromatic nitrogens is 1. The molecule has 178 valence electrons. The number of aryl methyl sites for hydroxylation is 2. The molecule has 1 fully saturated rings. The first-order valence-electron chi connectivity index (χ1n) is 12.9. The third kappa shape index (κ3) is 4.51. The molecule has 1 N–H and O–H groups in total. The first-order valence-corrected chi connectivity index (χ1v) is 12.9. The number of rotatable bonds is 7. The van der Waals surface area contributed by atoms with E-state index in [0.29, 0.717) is 12.5 Å². The normalized spacial score (nSPS) is 25.9. The average molecular weight is 456 g/mol. The van der Waals surface area contributed by atoms with Crippen LogP contribution in [0.25, 0.3) is 0 Å². The Kier molecular flexibility index (Phi) is 6.48. The molecule has 0 radical (unpaired) electrons. The third-order valence-corrected chi connectivity index (χ3v) is 8.41. The second-order valence-corrected chi connectivity index (χ2v) is 10.6. The molecular formula is C31H37NO2. The van der Waals surface area contributed by atoms with E-state index in [1.807, 2.05) is 19.2 Å². The zero-order valence-electron chi connectivity index (χ0n) is 20.6. The van der Waals surface area contributed by atoms with Crippen molar-refractivity contribution >= 4 is 0 Å². The Morgan fingerprint density at radius 3 is 2.71 bits per heavy atom. The Hall–Kier alpha value is -2.65. The highest BCUT2D eigenvalue weighted by Gasteiger charge is 2.51. The maximum absolute atomic E-state index is 11.4. The molecule has 3 aromatic rings. The van der Waals surface area contributed by atoms with Gasteiger partial charge in [-0.15, -0.1) is 0 Å². The molecule has 3 atom stereocenters. The first kappa shape index (κ1) is 23.1. The maximum Gasteiger partial charge on any atom is 0.120 e. The number of hydrogen-bond acceptors (Lipinski definition) is 3. The van der Waals surface area contributed by atoms with Crippen LogP contribution in [0.3, 0.4) is 0 Å². The second-order valence-electron chi connectivity index (χ2n) is 10.6. The van der Waals surface area contributed by atoms with Gasteiger partial charge >= 0.3 is 0 Å². The van der Waals surface area contributed by atoms with Crippen LogP contribution in [0.4, 0.5) is 0 Å². The molecule has 2 aliphatic carbocycles. The lowest BCUT2D eigenvalue weighted by Crippen LogP contribution is -2.51. The van der Waals surface area contributed by atoms with E-state index in [-0.39, 0.29) is 5.41 Å². The molecule has 3 unspecified atom stereocenters. The summed E-state index contributed by atoms with van der Waals surface area (Å²) in [6, 6.07) is 21.7. The lowest BCUT2D eigenvalue weighted by atomic mass is 9.52.